The minimum absolute atomic E-state index is 0.00553. The molecule has 4 rings (SSSR count). The highest BCUT2D eigenvalue weighted by Gasteiger charge is 2.22. The third-order valence-corrected chi connectivity index (χ3v) is 4.93. The van der Waals surface area contributed by atoms with Crippen LogP contribution >= 0.6 is 0 Å². The van der Waals surface area contributed by atoms with Crippen molar-refractivity contribution in [3.8, 4) is 0 Å². The zero-order valence-electron chi connectivity index (χ0n) is 16.0. The van der Waals surface area contributed by atoms with Crippen molar-refractivity contribution in [2.45, 2.75) is 25.5 Å². The van der Waals surface area contributed by atoms with E-state index in [0.717, 1.165) is 30.5 Å². The molecule has 29 heavy (non-hydrogen) atoms. The minimum Gasteiger partial charge on any atom is -0.376 e. The lowest BCUT2D eigenvalue weighted by Gasteiger charge is -2.23. The Labute approximate surface area is 168 Å². The van der Waals surface area contributed by atoms with E-state index in [4.69, 9.17) is 4.74 Å². The van der Waals surface area contributed by atoms with Crippen molar-refractivity contribution in [3.05, 3.63) is 54.6 Å². The van der Waals surface area contributed by atoms with Crippen molar-refractivity contribution in [3.63, 3.8) is 0 Å². The van der Waals surface area contributed by atoms with E-state index in [0.29, 0.717) is 12.2 Å². The van der Waals surface area contributed by atoms with Gasteiger partial charge in [0.05, 0.1) is 11.6 Å². The zero-order chi connectivity index (χ0) is 20.1. The van der Waals surface area contributed by atoms with E-state index in [1.165, 1.54) is 4.90 Å². The van der Waals surface area contributed by atoms with Gasteiger partial charge in [0.1, 0.15) is 18.6 Å². The minimum atomic E-state index is -0.237. The normalized spacial score (nSPS) is 16.1. The molecule has 8 nitrogen and oxygen atoms in total. The van der Waals surface area contributed by atoms with Gasteiger partial charge in [-0.05, 0) is 37.1 Å². The van der Waals surface area contributed by atoms with Crippen molar-refractivity contribution >= 4 is 28.5 Å². The number of nitrogens with one attached hydrogen (secondary N) is 1. The van der Waals surface area contributed by atoms with Crippen LogP contribution < -0.4 is 10.2 Å². The topological polar surface area (TPSA) is 89.4 Å². The molecule has 3 aromatic rings. The van der Waals surface area contributed by atoms with Crippen LogP contribution in [-0.2, 0) is 20.9 Å². The van der Waals surface area contributed by atoms with E-state index in [1.807, 2.05) is 54.6 Å². The fourth-order valence-electron chi connectivity index (χ4n) is 3.41. The molecule has 2 aromatic carbocycles. The number of rotatable bonds is 7. The molecule has 1 N–H and O–H groups in total. The Hall–Kier alpha value is -3.26. The standard InChI is InChI=1S/C21H23N5O3/c27-20(22-13-17-9-6-12-29-17)14-25(16-7-2-1-3-8-16)21(28)15-26-19-11-5-4-10-18(19)23-24-26/h1-5,7-8,10-11,17H,6,9,12-15H2,(H,22,27). The van der Waals surface area contributed by atoms with Crippen molar-refractivity contribution < 1.29 is 14.3 Å². The molecule has 0 saturated carbocycles. The van der Waals surface area contributed by atoms with Crippen LogP contribution in [0.25, 0.3) is 11.0 Å². The summed E-state index contributed by atoms with van der Waals surface area (Å²) >= 11 is 0. The molecule has 8 heteroatoms. The second-order valence-electron chi connectivity index (χ2n) is 6.99. The summed E-state index contributed by atoms with van der Waals surface area (Å²) in [6.45, 7) is 1.13. The van der Waals surface area contributed by atoms with Crippen LogP contribution in [0.4, 0.5) is 5.69 Å². The lowest BCUT2D eigenvalue weighted by molar-refractivity contribution is -0.124. The number of hydrogen-bond acceptors (Lipinski definition) is 5. The molecule has 0 radical (unpaired) electrons. The quantitative estimate of drug-likeness (QED) is 0.661. The van der Waals surface area contributed by atoms with Gasteiger partial charge in [-0.2, -0.15) is 0 Å². The van der Waals surface area contributed by atoms with Crippen LogP contribution in [0.5, 0.6) is 0 Å². The fraction of sp³-hybridized carbons (Fsp3) is 0.333. The summed E-state index contributed by atoms with van der Waals surface area (Å²) in [7, 11) is 0. The molecule has 1 atom stereocenters. The Balaban J connectivity index is 1.47. The molecular formula is C21H23N5O3. The van der Waals surface area contributed by atoms with Crippen molar-refractivity contribution in [2.75, 3.05) is 24.6 Å². The summed E-state index contributed by atoms with van der Waals surface area (Å²) in [6.07, 6.45) is 2.02. The summed E-state index contributed by atoms with van der Waals surface area (Å²) in [5.74, 6) is -0.458. The van der Waals surface area contributed by atoms with E-state index in [9.17, 15) is 9.59 Å². The lowest BCUT2D eigenvalue weighted by atomic mass is 10.2. The first-order valence-electron chi connectivity index (χ1n) is 9.72. The smallest absolute Gasteiger partial charge is 0.249 e. The molecule has 1 unspecified atom stereocenters. The second-order valence-corrected chi connectivity index (χ2v) is 6.99. The monoisotopic (exact) mass is 393 g/mol. The third-order valence-electron chi connectivity index (χ3n) is 4.93. The maximum absolute atomic E-state index is 13.1. The van der Waals surface area contributed by atoms with Crippen LogP contribution in [0.3, 0.4) is 0 Å². The summed E-state index contributed by atoms with van der Waals surface area (Å²) in [6, 6.07) is 16.6. The summed E-state index contributed by atoms with van der Waals surface area (Å²) in [5.41, 5.74) is 2.16. The van der Waals surface area contributed by atoms with Gasteiger partial charge in [0, 0.05) is 18.8 Å². The number of carbonyl (C=O) groups is 2. The Morgan fingerprint density at radius 1 is 1.14 bits per heavy atom. The van der Waals surface area contributed by atoms with E-state index in [-0.39, 0.29) is 31.0 Å². The summed E-state index contributed by atoms with van der Waals surface area (Å²) in [5, 5.41) is 11.0. The number of ether oxygens (including phenoxy) is 1. The maximum Gasteiger partial charge on any atom is 0.249 e. The predicted octanol–water partition coefficient (Wildman–Crippen LogP) is 1.76. The van der Waals surface area contributed by atoms with E-state index in [2.05, 4.69) is 15.6 Å². The van der Waals surface area contributed by atoms with Gasteiger partial charge in [-0.3, -0.25) is 9.59 Å². The molecular weight excluding hydrogens is 370 g/mol. The van der Waals surface area contributed by atoms with Crippen LogP contribution in [-0.4, -0.2) is 52.6 Å². The molecule has 0 aliphatic carbocycles. The second kappa shape index (κ2) is 8.83. The molecule has 1 aliphatic rings. The molecule has 1 aromatic heterocycles. The number of nitrogens with zero attached hydrogens (tertiary/aromatic N) is 4. The number of carbonyl (C=O) groups excluding carboxylic acids is 2. The van der Waals surface area contributed by atoms with Crippen LogP contribution in [0.15, 0.2) is 54.6 Å². The third kappa shape index (κ3) is 4.60. The van der Waals surface area contributed by atoms with Crippen molar-refractivity contribution in [2.24, 2.45) is 0 Å². The highest BCUT2D eigenvalue weighted by molar-refractivity contribution is 5.99. The van der Waals surface area contributed by atoms with Crippen LogP contribution in [0.1, 0.15) is 12.8 Å². The van der Waals surface area contributed by atoms with Gasteiger partial charge in [-0.25, -0.2) is 4.68 Å². The number of anilines is 1. The van der Waals surface area contributed by atoms with Gasteiger partial charge in [0.25, 0.3) is 0 Å². The Bertz CT molecular complexity index is 982. The van der Waals surface area contributed by atoms with Gasteiger partial charge in [-0.15, -0.1) is 5.10 Å². The van der Waals surface area contributed by atoms with Gasteiger partial charge in [0.15, 0.2) is 0 Å². The molecule has 1 fully saturated rings. The largest absolute Gasteiger partial charge is 0.376 e. The highest BCUT2D eigenvalue weighted by atomic mass is 16.5. The van der Waals surface area contributed by atoms with Gasteiger partial charge < -0.3 is 15.0 Å². The SMILES string of the molecule is O=C(CN(C(=O)Cn1nnc2ccccc21)c1ccccc1)NCC1CCCO1. The number of hydrogen-bond donors (Lipinski definition) is 1. The average molecular weight is 393 g/mol. The molecule has 0 spiro atoms. The van der Waals surface area contributed by atoms with Gasteiger partial charge >= 0.3 is 0 Å². The maximum atomic E-state index is 13.1. The van der Waals surface area contributed by atoms with E-state index in [1.54, 1.807) is 4.68 Å². The number of benzene rings is 2. The first-order valence-corrected chi connectivity index (χ1v) is 9.72. The van der Waals surface area contributed by atoms with Crippen molar-refractivity contribution in [1.29, 1.82) is 0 Å². The Morgan fingerprint density at radius 2 is 1.93 bits per heavy atom. The van der Waals surface area contributed by atoms with Crippen LogP contribution in [0, 0.1) is 0 Å². The molecule has 2 heterocycles. The zero-order valence-corrected chi connectivity index (χ0v) is 16.0. The van der Waals surface area contributed by atoms with Gasteiger partial charge in [0.2, 0.25) is 11.8 Å². The number of amides is 2. The Kier molecular flexibility index (Phi) is 5.81. The first-order chi connectivity index (χ1) is 14.2. The summed E-state index contributed by atoms with van der Waals surface area (Å²) in [4.78, 5) is 27.1. The molecule has 150 valence electrons. The summed E-state index contributed by atoms with van der Waals surface area (Å²) < 4.78 is 7.09. The van der Waals surface area contributed by atoms with E-state index >= 15 is 0 Å². The number of para-hydroxylation sites is 2. The highest BCUT2D eigenvalue weighted by Crippen LogP contribution is 2.16. The average Bonchev–Trinajstić information content (AvgIpc) is 3.41. The Morgan fingerprint density at radius 3 is 2.72 bits per heavy atom. The lowest BCUT2D eigenvalue weighted by Crippen LogP contribution is -2.44. The van der Waals surface area contributed by atoms with Crippen LogP contribution in [0.2, 0.25) is 0 Å². The predicted molar refractivity (Wildman–Crippen MR) is 108 cm³/mol. The molecule has 1 saturated heterocycles. The fourth-order valence-corrected chi connectivity index (χ4v) is 3.41. The number of fused-ring (bicyclic) bond motifs is 1. The first kappa shape index (κ1) is 19.1. The van der Waals surface area contributed by atoms with E-state index < -0.39 is 0 Å². The van der Waals surface area contributed by atoms with Gasteiger partial charge in [-0.1, -0.05) is 35.5 Å². The molecule has 1 aliphatic heterocycles. The van der Waals surface area contributed by atoms with Crippen molar-refractivity contribution in [1.82, 2.24) is 20.3 Å². The molecule has 2 amide bonds. The molecule has 0 bridgehead atoms. The number of aromatic nitrogens is 3.